The number of carbonyl (C=O) groups is 1. The van der Waals surface area contributed by atoms with Crippen LogP contribution in [0.2, 0.25) is 0 Å². The maximum absolute atomic E-state index is 12.2. The molecule has 0 radical (unpaired) electrons. The van der Waals surface area contributed by atoms with Gasteiger partial charge in [-0.3, -0.25) is 4.79 Å². The van der Waals surface area contributed by atoms with Crippen molar-refractivity contribution in [1.82, 2.24) is 0 Å². The molecule has 0 N–H and O–H groups in total. The van der Waals surface area contributed by atoms with Crippen LogP contribution in [-0.4, -0.2) is 33.6 Å². The zero-order chi connectivity index (χ0) is 16.8. The molecule has 5 heteroatoms. The first-order valence-corrected chi connectivity index (χ1v) is 8.07. The van der Waals surface area contributed by atoms with Crippen LogP contribution < -0.4 is 9.47 Å². The third-order valence-electron chi connectivity index (χ3n) is 4.33. The lowest BCUT2D eigenvalue weighted by Crippen LogP contribution is -2.20. The van der Waals surface area contributed by atoms with E-state index >= 15 is 0 Å². The Morgan fingerprint density at radius 3 is 2.65 bits per heavy atom. The highest BCUT2D eigenvalue weighted by molar-refractivity contribution is 5.74. The Kier molecular flexibility index (Phi) is 6.28. The predicted octanol–water partition coefficient (Wildman–Crippen LogP) is 3.37. The summed E-state index contributed by atoms with van der Waals surface area (Å²) < 4.78 is 21.3. The zero-order valence-electron chi connectivity index (χ0n) is 14.3. The summed E-state index contributed by atoms with van der Waals surface area (Å²) in [6.07, 6.45) is 1.76. The minimum absolute atomic E-state index is 0.0738. The lowest BCUT2D eigenvalue weighted by Gasteiger charge is -2.21. The third-order valence-corrected chi connectivity index (χ3v) is 4.33. The van der Waals surface area contributed by atoms with Crippen molar-refractivity contribution in [2.45, 2.75) is 32.6 Å². The highest BCUT2D eigenvalue weighted by Crippen LogP contribution is 2.47. The van der Waals surface area contributed by atoms with Crippen LogP contribution in [0.15, 0.2) is 18.2 Å². The van der Waals surface area contributed by atoms with Crippen LogP contribution in [0, 0.1) is 11.8 Å². The Morgan fingerprint density at radius 1 is 1.22 bits per heavy atom. The highest BCUT2D eigenvalue weighted by Gasteiger charge is 2.40. The van der Waals surface area contributed by atoms with Gasteiger partial charge in [0.1, 0.15) is 11.5 Å². The van der Waals surface area contributed by atoms with Crippen molar-refractivity contribution in [3.8, 4) is 11.5 Å². The molecule has 5 nitrogen and oxygen atoms in total. The summed E-state index contributed by atoms with van der Waals surface area (Å²) in [6.45, 7) is 4.88. The lowest BCUT2D eigenvalue weighted by atomic mass is 9.88. The van der Waals surface area contributed by atoms with Gasteiger partial charge in [0.25, 0.3) is 0 Å². The molecule has 1 aromatic rings. The summed E-state index contributed by atoms with van der Waals surface area (Å²) in [5, 5.41) is 0. The molecular formula is C18H26O5. The fraction of sp³-hybridized carbons (Fsp3) is 0.611. The molecule has 0 aromatic heterocycles. The standard InChI is InChI=1S/C18H26O5/c1-5-22-13-6-7-17(23-11-20-3)15(10-13)14-8-12(2)9-16(14)18(19)21-4/h6-7,10,12,14,16H,5,8-9,11H2,1-4H3/t12-,14-,16-/m0/s1. The number of hydrogen-bond acceptors (Lipinski definition) is 5. The Morgan fingerprint density at radius 2 is 2.00 bits per heavy atom. The van der Waals surface area contributed by atoms with E-state index in [1.54, 1.807) is 7.11 Å². The van der Waals surface area contributed by atoms with Crippen LogP contribution in [-0.2, 0) is 14.3 Å². The van der Waals surface area contributed by atoms with Crippen molar-refractivity contribution in [1.29, 1.82) is 0 Å². The molecule has 0 unspecified atom stereocenters. The Hall–Kier alpha value is -1.75. The van der Waals surface area contributed by atoms with Gasteiger partial charge in [-0.25, -0.2) is 0 Å². The van der Waals surface area contributed by atoms with Crippen molar-refractivity contribution in [3.05, 3.63) is 23.8 Å². The number of ether oxygens (including phenoxy) is 4. The van der Waals surface area contributed by atoms with Gasteiger partial charge in [0.15, 0.2) is 6.79 Å². The second kappa shape index (κ2) is 8.20. The van der Waals surface area contributed by atoms with E-state index in [1.165, 1.54) is 7.11 Å². The summed E-state index contributed by atoms with van der Waals surface area (Å²) in [6, 6.07) is 5.74. The molecule has 0 aliphatic heterocycles. The number of hydrogen-bond donors (Lipinski definition) is 0. The van der Waals surface area contributed by atoms with E-state index in [-0.39, 0.29) is 24.6 Å². The molecule has 1 saturated carbocycles. The van der Waals surface area contributed by atoms with Crippen LogP contribution in [0.3, 0.4) is 0 Å². The smallest absolute Gasteiger partial charge is 0.309 e. The number of esters is 1. The molecule has 128 valence electrons. The van der Waals surface area contributed by atoms with Crippen LogP contribution in [0.4, 0.5) is 0 Å². The topological polar surface area (TPSA) is 54.0 Å². The summed E-state index contributed by atoms with van der Waals surface area (Å²) in [5.74, 6) is 1.77. The van der Waals surface area contributed by atoms with Crippen molar-refractivity contribution in [2.75, 3.05) is 27.6 Å². The monoisotopic (exact) mass is 322 g/mol. The first-order chi connectivity index (χ1) is 11.1. The fourth-order valence-electron chi connectivity index (χ4n) is 3.37. The predicted molar refractivity (Wildman–Crippen MR) is 86.8 cm³/mol. The molecule has 1 aliphatic rings. The lowest BCUT2D eigenvalue weighted by molar-refractivity contribution is -0.145. The number of carbonyl (C=O) groups excluding carboxylic acids is 1. The molecule has 0 amide bonds. The molecule has 1 aliphatic carbocycles. The summed E-state index contributed by atoms with van der Waals surface area (Å²) >= 11 is 0. The normalized spacial score (nSPS) is 23.6. The first kappa shape index (κ1) is 17.6. The van der Waals surface area contributed by atoms with Gasteiger partial charge in [0.05, 0.1) is 19.6 Å². The molecule has 1 fully saturated rings. The van der Waals surface area contributed by atoms with Gasteiger partial charge in [-0.1, -0.05) is 6.92 Å². The van der Waals surface area contributed by atoms with Gasteiger partial charge >= 0.3 is 5.97 Å². The van der Waals surface area contributed by atoms with Gasteiger partial charge < -0.3 is 18.9 Å². The van der Waals surface area contributed by atoms with Crippen molar-refractivity contribution in [2.24, 2.45) is 11.8 Å². The van der Waals surface area contributed by atoms with E-state index in [4.69, 9.17) is 18.9 Å². The Labute approximate surface area is 137 Å². The SMILES string of the molecule is CCOc1ccc(OCOC)c([C@@H]2C[C@H](C)C[C@@H]2C(=O)OC)c1. The number of rotatable bonds is 7. The maximum Gasteiger partial charge on any atom is 0.309 e. The second-order valence-electron chi connectivity index (χ2n) is 6.00. The molecule has 3 atom stereocenters. The van der Waals surface area contributed by atoms with E-state index < -0.39 is 0 Å². The molecule has 0 spiro atoms. The van der Waals surface area contributed by atoms with E-state index in [9.17, 15) is 4.79 Å². The van der Waals surface area contributed by atoms with Crippen molar-refractivity contribution < 1.29 is 23.7 Å². The van der Waals surface area contributed by atoms with Crippen molar-refractivity contribution >= 4 is 5.97 Å². The minimum Gasteiger partial charge on any atom is -0.494 e. The first-order valence-electron chi connectivity index (χ1n) is 8.07. The highest BCUT2D eigenvalue weighted by atomic mass is 16.7. The Balaban J connectivity index is 2.36. The second-order valence-corrected chi connectivity index (χ2v) is 6.00. The summed E-state index contributed by atoms with van der Waals surface area (Å²) in [4.78, 5) is 12.2. The van der Waals surface area contributed by atoms with Crippen LogP contribution in [0.1, 0.15) is 38.2 Å². The van der Waals surface area contributed by atoms with Gasteiger partial charge in [0, 0.05) is 18.6 Å². The number of benzene rings is 1. The third kappa shape index (κ3) is 4.16. The molecule has 23 heavy (non-hydrogen) atoms. The van der Waals surface area contributed by atoms with Gasteiger partial charge in [-0.15, -0.1) is 0 Å². The molecular weight excluding hydrogens is 296 g/mol. The summed E-state index contributed by atoms with van der Waals surface area (Å²) in [5.41, 5.74) is 0.993. The van der Waals surface area contributed by atoms with Crippen LogP contribution in [0.5, 0.6) is 11.5 Å². The average Bonchev–Trinajstić information content (AvgIpc) is 2.94. The minimum atomic E-state index is -0.154. The van der Waals surface area contributed by atoms with Crippen LogP contribution in [0.25, 0.3) is 0 Å². The van der Waals surface area contributed by atoms with Gasteiger partial charge in [-0.05, 0) is 43.9 Å². The zero-order valence-corrected chi connectivity index (χ0v) is 14.3. The van der Waals surface area contributed by atoms with Crippen LogP contribution >= 0.6 is 0 Å². The largest absolute Gasteiger partial charge is 0.494 e. The Bertz CT molecular complexity index is 528. The van der Waals surface area contributed by atoms with Gasteiger partial charge in [0.2, 0.25) is 0 Å². The van der Waals surface area contributed by atoms with Gasteiger partial charge in [-0.2, -0.15) is 0 Å². The molecule has 2 rings (SSSR count). The average molecular weight is 322 g/mol. The molecule has 0 bridgehead atoms. The fourth-order valence-corrected chi connectivity index (χ4v) is 3.37. The quantitative estimate of drug-likeness (QED) is 0.569. The maximum atomic E-state index is 12.2. The van der Waals surface area contributed by atoms with E-state index in [2.05, 4.69) is 6.92 Å². The van der Waals surface area contributed by atoms with E-state index in [0.717, 1.165) is 29.9 Å². The number of methoxy groups -OCH3 is 2. The van der Waals surface area contributed by atoms with Crippen molar-refractivity contribution in [3.63, 3.8) is 0 Å². The summed E-state index contributed by atoms with van der Waals surface area (Å²) in [7, 11) is 3.03. The molecule has 0 saturated heterocycles. The van der Waals surface area contributed by atoms with E-state index in [0.29, 0.717) is 12.5 Å². The van der Waals surface area contributed by atoms with E-state index in [1.807, 2.05) is 25.1 Å². The molecule has 1 aromatic carbocycles. The molecule has 0 heterocycles.